The Morgan fingerprint density at radius 1 is 1.06 bits per heavy atom. The third kappa shape index (κ3) is 3.57. The van der Waals surface area contributed by atoms with Gasteiger partial charge in [-0.25, -0.2) is 0 Å². The smallest absolute Gasteiger partial charge is 0.282 e. The Balaban J connectivity index is 0.00000162. The highest BCUT2D eigenvalue weighted by Gasteiger charge is 2.34. The first-order valence-corrected chi connectivity index (χ1v) is 8.00. The quantitative estimate of drug-likeness (QED) is 0.821. The summed E-state index contributed by atoms with van der Waals surface area (Å²) in [6, 6.07) is 0.0667. The molecule has 0 spiro atoms. The predicted octanol–water partition coefficient (Wildman–Crippen LogP) is 0.823. The van der Waals surface area contributed by atoms with Crippen molar-refractivity contribution in [2.75, 3.05) is 32.7 Å². The van der Waals surface area contributed by atoms with E-state index in [4.69, 9.17) is 0 Å². The Bertz CT molecular complexity index is 342. The summed E-state index contributed by atoms with van der Waals surface area (Å²) in [5.74, 6) is 0. The summed E-state index contributed by atoms with van der Waals surface area (Å²) in [6.07, 6.45) is 4.31. The highest BCUT2D eigenvalue weighted by atomic mass is 35.5. The Morgan fingerprint density at radius 2 is 1.67 bits per heavy atom. The van der Waals surface area contributed by atoms with E-state index in [-0.39, 0.29) is 18.4 Å². The summed E-state index contributed by atoms with van der Waals surface area (Å²) in [5, 5.41) is 3.23. The van der Waals surface area contributed by atoms with Crippen molar-refractivity contribution in [1.82, 2.24) is 13.9 Å². The lowest BCUT2D eigenvalue weighted by Crippen LogP contribution is -2.56. The van der Waals surface area contributed by atoms with E-state index in [2.05, 4.69) is 5.32 Å². The summed E-state index contributed by atoms with van der Waals surface area (Å²) in [7, 11) is -3.23. The van der Waals surface area contributed by atoms with Crippen LogP contribution in [0.1, 0.15) is 32.6 Å². The van der Waals surface area contributed by atoms with Crippen LogP contribution in [-0.2, 0) is 10.2 Å². The first kappa shape index (κ1) is 16.2. The topological polar surface area (TPSA) is 52.7 Å². The van der Waals surface area contributed by atoms with Crippen LogP contribution in [0.15, 0.2) is 0 Å². The van der Waals surface area contributed by atoms with Crippen LogP contribution in [0, 0.1) is 0 Å². The summed E-state index contributed by atoms with van der Waals surface area (Å²) >= 11 is 0. The third-order valence-corrected chi connectivity index (χ3v) is 5.78. The number of piperazine rings is 1. The zero-order chi connectivity index (χ0) is 12.3. The summed E-state index contributed by atoms with van der Waals surface area (Å²) < 4.78 is 28.4. The van der Waals surface area contributed by atoms with Crippen LogP contribution in [0.2, 0.25) is 0 Å². The van der Waals surface area contributed by atoms with E-state index in [9.17, 15) is 8.42 Å². The molecule has 0 unspecified atom stereocenters. The van der Waals surface area contributed by atoms with Gasteiger partial charge in [0, 0.05) is 38.8 Å². The highest BCUT2D eigenvalue weighted by Crippen LogP contribution is 2.18. The molecule has 2 aliphatic rings. The molecule has 2 rings (SSSR count). The Labute approximate surface area is 116 Å². The monoisotopic (exact) mass is 297 g/mol. The Hall–Kier alpha value is 0.120. The Morgan fingerprint density at radius 3 is 2.22 bits per heavy atom. The molecule has 7 heteroatoms. The molecular formula is C11H24ClN3O2S. The minimum atomic E-state index is -3.23. The van der Waals surface area contributed by atoms with Gasteiger partial charge in [-0.15, -0.1) is 12.4 Å². The molecule has 0 saturated carbocycles. The van der Waals surface area contributed by atoms with Crippen LogP contribution in [0.5, 0.6) is 0 Å². The summed E-state index contributed by atoms with van der Waals surface area (Å²) in [4.78, 5) is 0. The molecule has 0 aromatic carbocycles. The van der Waals surface area contributed by atoms with Gasteiger partial charge in [0.05, 0.1) is 0 Å². The van der Waals surface area contributed by atoms with Gasteiger partial charge in [-0.2, -0.15) is 17.0 Å². The van der Waals surface area contributed by atoms with E-state index in [0.717, 1.165) is 38.8 Å². The van der Waals surface area contributed by atoms with Crippen LogP contribution in [0.3, 0.4) is 0 Å². The zero-order valence-corrected chi connectivity index (χ0v) is 12.6. The number of nitrogens with zero attached hydrogens (tertiary/aromatic N) is 2. The van der Waals surface area contributed by atoms with Crippen molar-refractivity contribution in [2.24, 2.45) is 0 Å². The maximum Gasteiger partial charge on any atom is 0.282 e. The molecule has 0 amide bonds. The number of hydrogen-bond acceptors (Lipinski definition) is 3. The molecule has 2 aliphatic heterocycles. The molecule has 0 aromatic heterocycles. The van der Waals surface area contributed by atoms with Gasteiger partial charge in [0.1, 0.15) is 0 Å². The van der Waals surface area contributed by atoms with Crippen LogP contribution in [-0.4, -0.2) is 55.8 Å². The standard InChI is InChI=1S/C11H23N3O2S.ClH/c1-11-10-12-6-9-14(11)17(15,16)13-7-4-2-3-5-8-13;/h11-12H,2-10H2,1H3;1H/t11-;/m0./s1. The van der Waals surface area contributed by atoms with Gasteiger partial charge in [0.2, 0.25) is 0 Å². The lowest BCUT2D eigenvalue weighted by atomic mass is 10.2. The zero-order valence-electron chi connectivity index (χ0n) is 11.0. The van der Waals surface area contributed by atoms with Gasteiger partial charge >= 0.3 is 0 Å². The molecule has 1 N–H and O–H groups in total. The minimum Gasteiger partial charge on any atom is -0.314 e. The molecular weight excluding hydrogens is 274 g/mol. The fourth-order valence-electron chi connectivity index (χ4n) is 2.59. The fourth-order valence-corrected chi connectivity index (χ4v) is 4.45. The normalized spacial score (nSPS) is 28.4. The maximum atomic E-state index is 12.5. The van der Waals surface area contributed by atoms with Gasteiger partial charge in [-0.05, 0) is 19.8 Å². The molecule has 18 heavy (non-hydrogen) atoms. The van der Waals surface area contributed by atoms with Gasteiger partial charge in [0.15, 0.2) is 0 Å². The van der Waals surface area contributed by atoms with Crippen LogP contribution in [0.4, 0.5) is 0 Å². The third-order valence-electron chi connectivity index (χ3n) is 3.63. The largest absolute Gasteiger partial charge is 0.314 e. The summed E-state index contributed by atoms with van der Waals surface area (Å²) in [6.45, 7) is 5.48. The van der Waals surface area contributed by atoms with Crippen LogP contribution >= 0.6 is 12.4 Å². The first-order valence-electron chi connectivity index (χ1n) is 6.60. The molecule has 0 bridgehead atoms. The van der Waals surface area contributed by atoms with E-state index in [1.54, 1.807) is 8.61 Å². The van der Waals surface area contributed by atoms with Crippen molar-refractivity contribution < 1.29 is 8.42 Å². The van der Waals surface area contributed by atoms with Crippen molar-refractivity contribution in [3.05, 3.63) is 0 Å². The Kier molecular flexibility index (Phi) is 6.34. The first-order chi connectivity index (χ1) is 8.12. The molecule has 2 saturated heterocycles. The van der Waals surface area contributed by atoms with E-state index >= 15 is 0 Å². The van der Waals surface area contributed by atoms with Crippen LogP contribution < -0.4 is 5.32 Å². The van der Waals surface area contributed by atoms with E-state index < -0.39 is 10.2 Å². The second-order valence-electron chi connectivity index (χ2n) is 4.98. The molecule has 0 radical (unpaired) electrons. The van der Waals surface area contributed by atoms with Crippen molar-refractivity contribution in [3.8, 4) is 0 Å². The van der Waals surface area contributed by atoms with Crippen molar-refractivity contribution in [3.63, 3.8) is 0 Å². The number of rotatable bonds is 2. The lowest BCUT2D eigenvalue weighted by Gasteiger charge is -2.36. The van der Waals surface area contributed by atoms with E-state index in [1.165, 1.54) is 0 Å². The number of halogens is 1. The fraction of sp³-hybridized carbons (Fsp3) is 1.00. The van der Waals surface area contributed by atoms with E-state index in [0.29, 0.717) is 19.6 Å². The molecule has 5 nitrogen and oxygen atoms in total. The highest BCUT2D eigenvalue weighted by molar-refractivity contribution is 7.86. The number of hydrogen-bond donors (Lipinski definition) is 1. The maximum absolute atomic E-state index is 12.5. The van der Waals surface area contributed by atoms with Gasteiger partial charge in [-0.3, -0.25) is 0 Å². The van der Waals surface area contributed by atoms with Crippen LogP contribution in [0.25, 0.3) is 0 Å². The second kappa shape index (κ2) is 7.05. The second-order valence-corrected chi connectivity index (χ2v) is 6.87. The SMILES string of the molecule is C[C@H]1CNCCN1S(=O)(=O)N1CCCCCC1.Cl. The summed E-state index contributed by atoms with van der Waals surface area (Å²) in [5.41, 5.74) is 0. The van der Waals surface area contributed by atoms with Crippen molar-refractivity contribution in [1.29, 1.82) is 0 Å². The van der Waals surface area contributed by atoms with Crippen molar-refractivity contribution in [2.45, 2.75) is 38.6 Å². The average Bonchev–Trinajstić information content (AvgIpc) is 2.58. The molecule has 2 fully saturated rings. The molecule has 1 atom stereocenters. The minimum absolute atomic E-state index is 0. The van der Waals surface area contributed by atoms with E-state index in [1.807, 2.05) is 6.92 Å². The molecule has 108 valence electrons. The molecule has 2 heterocycles. The molecule has 0 aromatic rings. The number of nitrogens with one attached hydrogen (secondary N) is 1. The van der Waals surface area contributed by atoms with Gasteiger partial charge < -0.3 is 5.32 Å². The lowest BCUT2D eigenvalue weighted by molar-refractivity contribution is 0.257. The molecule has 0 aliphatic carbocycles. The average molecular weight is 298 g/mol. The van der Waals surface area contributed by atoms with Crippen molar-refractivity contribution >= 4 is 22.6 Å². The van der Waals surface area contributed by atoms with Gasteiger partial charge in [-0.1, -0.05) is 12.8 Å². The predicted molar refractivity (Wildman–Crippen MR) is 75.2 cm³/mol. The van der Waals surface area contributed by atoms with Gasteiger partial charge in [0.25, 0.3) is 10.2 Å².